The van der Waals surface area contributed by atoms with Gasteiger partial charge in [-0.2, -0.15) is 0 Å². The molecule has 5 heteroatoms. The summed E-state index contributed by atoms with van der Waals surface area (Å²) < 4.78 is 32.9. The van der Waals surface area contributed by atoms with Crippen LogP contribution in [0, 0.1) is 0 Å². The monoisotopic (exact) mass is 320 g/mol. The number of nitrogens with one attached hydrogen (secondary N) is 1. The van der Waals surface area contributed by atoms with Gasteiger partial charge in [0.05, 0.1) is 17.8 Å². The van der Waals surface area contributed by atoms with E-state index in [1.165, 1.54) is 0 Å². The van der Waals surface area contributed by atoms with Crippen LogP contribution in [-0.4, -0.2) is 16.9 Å². The van der Waals surface area contributed by atoms with Crippen LogP contribution in [0.5, 0.6) is 0 Å². The Bertz CT molecular complexity index is 618. The van der Waals surface area contributed by atoms with E-state index >= 15 is 0 Å². The Kier molecular flexibility index (Phi) is 4.76. The number of aryl methyl sites for hydroxylation is 2. The number of alkyl halides is 2. The van der Waals surface area contributed by atoms with Gasteiger partial charge in [0.15, 0.2) is 0 Å². The number of aromatic nitrogens is 1. The van der Waals surface area contributed by atoms with Crippen LogP contribution in [-0.2, 0) is 25.8 Å². The highest BCUT2D eigenvalue weighted by atomic mass is 19.3. The molecule has 1 N–H and O–H groups in total. The first-order chi connectivity index (χ1) is 11.1. The average molecular weight is 320 g/mol. The molecule has 0 saturated carbocycles. The lowest BCUT2D eigenvalue weighted by atomic mass is 9.93. The van der Waals surface area contributed by atoms with Crippen molar-refractivity contribution in [2.75, 3.05) is 0 Å². The Labute approximate surface area is 135 Å². The van der Waals surface area contributed by atoms with Gasteiger partial charge >= 0.3 is 0 Å². The molecule has 124 valence electrons. The number of hydrogen-bond donors (Lipinski definition) is 1. The van der Waals surface area contributed by atoms with Gasteiger partial charge in [0.2, 0.25) is 5.89 Å². The van der Waals surface area contributed by atoms with Crippen molar-refractivity contribution in [1.82, 2.24) is 10.3 Å². The first kappa shape index (κ1) is 16.1. The topological polar surface area (TPSA) is 38.1 Å². The van der Waals surface area contributed by atoms with Gasteiger partial charge in [0, 0.05) is 6.42 Å². The van der Waals surface area contributed by atoms with E-state index in [-0.39, 0.29) is 13.0 Å². The standard InChI is InChI=1S/C18H22F2N2O/c1-18(17(19)20,11-13-7-3-2-4-8-13)21-12-16-22-14-9-5-6-10-15(14)23-16/h2-4,7-8,17,21H,5-6,9-12H2,1H3. The molecule has 1 aromatic heterocycles. The van der Waals surface area contributed by atoms with Gasteiger partial charge in [-0.05, 0) is 38.2 Å². The minimum Gasteiger partial charge on any atom is -0.444 e. The normalized spacial score (nSPS) is 17.0. The summed E-state index contributed by atoms with van der Waals surface area (Å²) in [6.45, 7) is 1.77. The number of hydrogen-bond acceptors (Lipinski definition) is 3. The number of oxazole rings is 1. The van der Waals surface area contributed by atoms with Gasteiger partial charge in [0.25, 0.3) is 6.43 Å². The van der Waals surface area contributed by atoms with E-state index in [2.05, 4.69) is 10.3 Å². The van der Waals surface area contributed by atoms with Crippen molar-refractivity contribution >= 4 is 0 Å². The van der Waals surface area contributed by atoms with Gasteiger partial charge in [-0.1, -0.05) is 30.3 Å². The Balaban J connectivity index is 1.68. The second kappa shape index (κ2) is 6.79. The summed E-state index contributed by atoms with van der Waals surface area (Å²) in [5.74, 6) is 1.44. The fraction of sp³-hybridized carbons (Fsp3) is 0.500. The molecule has 1 aromatic carbocycles. The van der Waals surface area contributed by atoms with Crippen LogP contribution in [0.1, 0.15) is 42.7 Å². The predicted molar refractivity (Wildman–Crippen MR) is 84.5 cm³/mol. The lowest BCUT2D eigenvalue weighted by Gasteiger charge is -2.29. The van der Waals surface area contributed by atoms with Crippen molar-refractivity contribution < 1.29 is 13.2 Å². The minimum atomic E-state index is -2.48. The van der Waals surface area contributed by atoms with Crippen molar-refractivity contribution in [3.05, 3.63) is 53.2 Å². The Hall–Kier alpha value is -1.75. The fourth-order valence-corrected chi connectivity index (χ4v) is 3.00. The Morgan fingerprint density at radius 1 is 1.22 bits per heavy atom. The van der Waals surface area contributed by atoms with Crippen molar-refractivity contribution in [2.45, 2.75) is 57.5 Å². The van der Waals surface area contributed by atoms with Crippen LogP contribution in [0.15, 0.2) is 34.7 Å². The molecule has 1 aliphatic carbocycles. The highest BCUT2D eigenvalue weighted by molar-refractivity contribution is 5.18. The third kappa shape index (κ3) is 3.78. The maximum atomic E-state index is 13.6. The maximum absolute atomic E-state index is 13.6. The molecule has 0 amide bonds. The van der Waals surface area contributed by atoms with E-state index in [9.17, 15) is 8.78 Å². The number of nitrogens with zero attached hydrogens (tertiary/aromatic N) is 1. The summed E-state index contributed by atoms with van der Waals surface area (Å²) in [6, 6.07) is 9.35. The van der Waals surface area contributed by atoms with E-state index in [1.54, 1.807) is 6.92 Å². The summed E-state index contributed by atoms with van der Waals surface area (Å²) >= 11 is 0. The van der Waals surface area contributed by atoms with E-state index in [0.717, 1.165) is 42.7 Å². The number of benzene rings is 1. The molecular formula is C18H22F2N2O. The second-order valence-electron chi connectivity index (χ2n) is 6.42. The molecule has 1 unspecified atom stereocenters. The minimum absolute atomic E-state index is 0.223. The van der Waals surface area contributed by atoms with Crippen LogP contribution < -0.4 is 5.32 Å². The highest BCUT2D eigenvalue weighted by Crippen LogP contribution is 2.24. The first-order valence-electron chi connectivity index (χ1n) is 8.11. The molecule has 0 aliphatic heterocycles. The predicted octanol–water partition coefficient (Wildman–Crippen LogP) is 3.91. The molecule has 0 spiro atoms. The Morgan fingerprint density at radius 3 is 2.65 bits per heavy atom. The van der Waals surface area contributed by atoms with E-state index < -0.39 is 12.0 Å². The lowest BCUT2D eigenvalue weighted by molar-refractivity contribution is 0.0378. The number of halogens is 2. The molecular weight excluding hydrogens is 298 g/mol. The molecule has 0 radical (unpaired) electrons. The molecule has 0 saturated heterocycles. The van der Waals surface area contributed by atoms with Crippen molar-refractivity contribution in [2.24, 2.45) is 0 Å². The summed E-state index contributed by atoms with van der Waals surface area (Å²) in [4.78, 5) is 4.45. The third-order valence-corrected chi connectivity index (χ3v) is 4.43. The molecule has 1 aliphatic rings. The SMILES string of the molecule is CC(Cc1ccccc1)(NCc1nc2c(o1)CCCC2)C(F)F. The van der Waals surface area contributed by atoms with E-state index in [1.807, 2.05) is 30.3 Å². The highest BCUT2D eigenvalue weighted by Gasteiger charge is 2.35. The molecule has 1 atom stereocenters. The fourth-order valence-electron chi connectivity index (χ4n) is 3.00. The third-order valence-electron chi connectivity index (χ3n) is 4.43. The smallest absolute Gasteiger partial charge is 0.256 e. The van der Waals surface area contributed by atoms with Crippen LogP contribution in [0.2, 0.25) is 0 Å². The summed E-state index contributed by atoms with van der Waals surface area (Å²) in [5, 5.41) is 2.96. The molecule has 2 aromatic rings. The van der Waals surface area contributed by atoms with Gasteiger partial charge in [-0.3, -0.25) is 5.32 Å². The average Bonchev–Trinajstić information content (AvgIpc) is 2.97. The Morgan fingerprint density at radius 2 is 1.96 bits per heavy atom. The number of rotatable bonds is 6. The van der Waals surface area contributed by atoms with Crippen LogP contribution >= 0.6 is 0 Å². The first-order valence-corrected chi connectivity index (χ1v) is 8.11. The van der Waals surface area contributed by atoms with Crippen LogP contribution in [0.25, 0.3) is 0 Å². The zero-order valence-corrected chi connectivity index (χ0v) is 13.3. The van der Waals surface area contributed by atoms with Crippen LogP contribution in [0.4, 0.5) is 8.78 Å². The van der Waals surface area contributed by atoms with E-state index in [0.29, 0.717) is 5.89 Å². The lowest BCUT2D eigenvalue weighted by Crippen LogP contribution is -2.50. The number of fused-ring (bicyclic) bond motifs is 1. The summed E-state index contributed by atoms with van der Waals surface area (Å²) in [6.07, 6.45) is 1.83. The zero-order valence-electron chi connectivity index (χ0n) is 13.3. The molecule has 0 bridgehead atoms. The molecule has 3 nitrogen and oxygen atoms in total. The molecule has 1 heterocycles. The zero-order chi connectivity index (χ0) is 16.3. The van der Waals surface area contributed by atoms with Crippen molar-refractivity contribution in [3.63, 3.8) is 0 Å². The quantitative estimate of drug-likeness (QED) is 0.877. The molecule has 23 heavy (non-hydrogen) atoms. The maximum Gasteiger partial charge on any atom is 0.256 e. The van der Waals surface area contributed by atoms with Crippen LogP contribution in [0.3, 0.4) is 0 Å². The van der Waals surface area contributed by atoms with Gasteiger partial charge in [0.1, 0.15) is 5.76 Å². The van der Waals surface area contributed by atoms with E-state index in [4.69, 9.17) is 4.42 Å². The van der Waals surface area contributed by atoms with Gasteiger partial charge in [-0.25, -0.2) is 13.8 Å². The van der Waals surface area contributed by atoms with Gasteiger partial charge < -0.3 is 4.42 Å². The summed E-state index contributed by atoms with van der Waals surface area (Å²) in [7, 11) is 0. The van der Waals surface area contributed by atoms with Gasteiger partial charge in [-0.15, -0.1) is 0 Å². The van der Waals surface area contributed by atoms with Crippen molar-refractivity contribution in [1.29, 1.82) is 0 Å². The second-order valence-corrected chi connectivity index (χ2v) is 6.42. The summed E-state index contributed by atoms with van der Waals surface area (Å²) in [5.41, 5.74) is 0.570. The molecule has 0 fully saturated rings. The van der Waals surface area contributed by atoms with Crippen molar-refractivity contribution in [3.8, 4) is 0 Å². The largest absolute Gasteiger partial charge is 0.444 e. The molecule has 3 rings (SSSR count).